The van der Waals surface area contributed by atoms with Crippen LogP contribution in [0.1, 0.15) is 0 Å². The molecule has 0 aliphatic rings. The molecule has 0 aliphatic heterocycles. The first-order valence-corrected chi connectivity index (χ1v) is 5.59. The largest absolute Gasteiger partial charge is 0.479 e. The van der Waals surface area contributed by atoms with Crippen LogP contribution >= 0.6 is 11.6 Å². The van der Waals surface area contributed by atoms with E-state index in [4.69, 9.17) is 22.1 Å². The number of nitroso groups, excluding NO2 is 1. The van der Waals surface area contributed by atoms with E-state index in [1.165, 1.54) is 7.11 Å². The van der Waals surface area contributed by atoms with E-state index >= 15 is 0 Å². The summed E-state index contributed by atoms with van der Waals surface area (Å²) in [6.45, 7) is 0. The monoisotopic (exact) mass is 279 g/mol. The number of hydrogen-bond donors (Lipinski definition) is 2. The van der Waals surface area contributed by atoms with Crippen molar-refractivity contribution in [2.75, 3.05) is 18.2 Å². The summed E-state index contributed by atoms with van der Waals surface area (Å²) in [4.78, 5) is 18.5. The quantitative estimate of drug-likeness (QED) is 0.834. The third kappa shape index (κ3) is 2.89. The van der Waals surface area contributed by atoms with Crippen molar-refractivity contribution in [3.05, 3.63) is 34.2 Å². The molecule has 8 heteroatoms. The van der Waals surface area contributed by atoms with E-state index in [0.29, 0.717) is 10.7 Å². The van der Waals surface area contributed by atoms with Crippen LogP contribution in [-0.4, -0.2) is 17.1 Å². The molecule has 0 atom stereocenters. The summed E-state index contributed by atoms with van der Waals surface area (Å²) in [5.41, 5.74) is 6.16. The predicted octanol–water partition coefficient (Wildman–Crippen LogP) is 2.86. The van der Waals surface area contributed by atoms with E-state index in [-0.39, 0.29) is 23.3 Å². The second kappa shape index (κ2) is 5.49. The van der Waals surface area contributed by atoms with Crippen LogP contribution in [0.15, 0.2) is 29.4 Å². The highest BCUT2D eigenvalue weighted by atomic mass is 35.5. The topological polar surface area (TPSA) is 102 Å². The number of hydrogen-bond acceptors (Lipinski definition) is 7. The molecule has 0 bridgehead atoms. The number of nitrogen functional groups attached to an aromatic ring is 1. The number of aromatic nitrogens is 2. The van der Waals surface area contributed by atoms with Crippen LogP contribution in [-0.2, 0) is 0 Å². The molecule has 0 amide bonds. The normalized spacial score (nSPS) is 10.0. The number of nitrogens with zero attached hydrogens (tertiary/aromatic N) is 3. The molecular formula is C11H10ClN5O2. The maximum absolute atomic E-state index is 10.9. The summed E-state index contributed by atoms with van der Waals surface area (Å²) < 4.78 is 4.93. The van der Waals surface area contributed by atoms with Crippen LogP contribution in [0.3, 0.4) is 0 Å². The molecule has 0 saturated carbocycles. The second-order valence-corrected chi connectivity index (χ2v) is 3.95. The first kappa shape index (κ1) is 13.0. The minimum absolute atomic E-state index is 0.0129. The first-order valence-electron chi connectivity index (χ1n) is 5.21. The molecule has 19 heavy (non-hydrogen) atoms. The Bertz CT molecular complexity index is 603. The van der Waals surface area contributed by atoms with E-state index in [9.17, 15) is 4.91 Å². The van der Waals surface area contributed by atoms with E-state index in [1.807, 2.05) is 0 Å². The van der Waals surface area contributed by atoms with Crippen molar-refractivity contribution in [1.82, 2.24) is 9.97 Å². The summed E-state index contributed by atoms with van der Waals surface area (Å²) in [5, 5.41) is 6.35. The lowest BCUT2D eigenvalue weighted by molar-refractivity contribution is 0.399. The maximum Gasteiger partial charge on any atom is 0.250 e. The average Bonchev–Trinajstić information content (AvgIpc) is 2.40. The molecule has 0 spiro atoms. The van der Waals surface area contributed by atoms with Gasteiger partial charge in [0.05, 0.1) is 7.11 Å². The Morgan fingerprint density at radius 1 is 1.32 bits per heavy atom. The molecule has 3 N–H and O–H groups in total. The van der Waals surface area contributed by atoms with Crippen LogP contribution in [0.25, 0.3) is 0 Å². The zero-order valence-corrected chi connectivity index (χ0v) is 10.7. The van der Waals surface area contributed by atoms with Gasteiger partial charge in [0, 0.05) is 10.7 Å². The standard InChI is InChI=1S/C11H10ClN5O2/c1-19-10-8(17-18)9(15-11(13)16-10)14-7-4-2-6(12)3-5-7/h2-5H,1H3,(H3,13,14,15,16). The van der Waals surface area contributed by atoms with Gasteiger partial charge in [0.2, 0.25) is 11.6 Å². The van der Waals surface area contributed by atoms with E-state index < -0.39 is 0 Å². The van der Waals surface area contributed by atoms with Crippen molar-refractivity contribution >= 4 is 34.7 Å². The van der Waals surface area contributed by atoms with Crippen molar-refractivity contribution in [2.45, 2.75) is 0 Å². The summed E-state index contributed by atoms with van der Waals surface area (Å²) in [5.74, 6) is 0.154. The van der Waals surface area contributed by atoms with Crippen molar-refractivity contribution in [3.8, 4) is 5.88 Å². The Morgan fingerprint density at radius 3 is 2.58 bits per heavy atom. The van der Waals surface area contributed by atoms with Crippen molar-refractivity contribution in [1.29, 1.82) is 0 Å². The molecule has 0 saturated heterocycles. The zero-order valence-electron chi connectivity index (χ0n) is 9.92. The number of ether oxygens (including phenoxy) is 1. The number of nitrogens with two attached hydrogens (primary N) is 1. The van der Waals surface area contributed by atoms with Crippen LogP contribution in [0.4, 0.5) is 23.1 Å². The Balaban J connectivity index is 2.41. The lowest BCUT2D eigenvalue weighted by Crippen LogP contribution is -2.02. The fraction of sp³-hybridized carbons (Fsp3) is 0.0909. The van der Waals surface area contributed by atoms with Crippen LogP contribution in [0.5, 0.6) is 5.88 Å². The summed E-state index contributed by atoms with van der Waals surface area (Å²) in [6.07, 6.45) is 0. The van der Waals surface area contributed by atoms with Crippen molar-refractivity contribution in [2.24, 2.45) is 5.18 Å². The molecule has 1 aromatic heterocycles. The zero-order chi connectivity index (χ0) is 13.8. The minimum atomic E-state index is -0.0494. The SMILES string of the molecule is COc1nc(N)nc(Nc2ccc(Cl)cc2)c1N=O. The number of methoxy groups -OCH3 is 1. The fourth-order valence-electron chi connectivity index (χ4n) is 1.43. The Morgan fingerprint density at radius 2 is 2.00 bits per heavy atom. The molecule has 98 valence electrons. The molecule has 2 aromatic rings. The lowest BCUT2D eigenvalue weighted by Gasteiger charge is -2.09. The summed E-state index contributed by atoms with van der Waals surface area (Å²) in [6, 6.07) is 6.84. The molecule has 0 radical (unpaired) electrons. The molecule has 0 fully saturated rings. The minimum Gasteiger partial charge on any atom is -0.479 e. The third-order valence-electron chi connectivity index (χ3n) is 2.26. The fourth-order valence-corrected chi connectivity index (χ4v) is 1.56. The molecule has 7 nitrogen and oxygen atoms in total. The van der Waals surface area contributed by atoms with Gasteiger partial charge in [-0.1, -0.05) is 11.6 Å². The number of benzene rings is 1. The van der Waals surface area contributed by atoms with Crippen LogP contribution < -0.4 is 15.8 Å². The molecule has 2 rings (SSSR count). The molecule has 1 aromatic carbocycles. The highest BCUT2D eigenvalue weighted by molar-refractivity contribution is 6.30. The predicted molar refractivity (Wildman–Crippen MR) is 73.2 cm³/mol. The smallest absolute Gasteiger partial charge is 0.250 e. The van der Waals surface area contributed by atoms with Gasteiger partial charge in [-0.25, -0.2) is 0 Å². The Labute approximate surface area is 113 Å². The molecule has 0 aliphatic carbocycles. The van der Waals surface area contributed by atoms with Gasteiger partial charge in [-0.3, -0.25) is 0 Å². The molecule has 1 heterocycles. The van der Waals surface area contributed by atoms with Gasteiger partial charge in [0.1, 0.15) is 0 Å². The molecular weight excluding hydrogens is 270 g/mol. The van der Waals surface area contributed by atoms with Gasteiger partial charge in [-0.15, -0.1) is 4.91 Å². The Kier molecular flexibility index (Phi) is 3.76. The number of rotatable bonds is 4. The Hall–Kier alpha value is -2.41. The van der Waals surface area contributed by atoms with Gasteiger partial charge in [0.25, 0.3) is 5.88 Å². The average molecular weight is 280 g/mol. The second-order valence-electron chi connectivity index (χ2n) is 3.51. The number of nitrogens with one attached hydrogen (secondary N) is 1. The summed E-state index contributed by atoms with van der Waals surface area (Å²) >= 11 is 5.78. The van der Waals surface area contributed by atoms with E-state index in [2.05, 4.69) is 20.5 Å². The van der Waals surface area contributed by atoms with Gasteiger partial charge >= 0.3 is 0 Å². The van der Waals surface area contributed by atoms with E-state index in [1.54, 1.807) is 24.3 Å². The highest BCUT2D eigenvalue weighted by Crippen LogP contribution is 2.34. The van der Waals surface area contributed by atoms with Gasteiger partial charge in [-0.05, 0) is 29.4 Å². The molecule has 0 unspecified atom stereocenters. The van der Waals surface area contributed by atoms with Crippen molar-refractivity contribution in [3.63, 3.8) is 0 Å². The number of halogens is 1. The lowest BCUT2D eigenvalue weighted by atomic mass is 10.3. The number of anilines is 3. The van der Waals surface area contributed by atoms with Gasteiger partial charge in [-0.2, -0.15) is 9.97 Å². The highest BCUT2D eigenvalue weighted by Gasteiger charge is 2.15. The van der Waals surface area contributed by atoms with Crippen molar-refractivity contribution < 1.29 is 4.74 Å². The maximum atomic E-state index is 10.9. The third-order valence-corrected chi connectivity index (χ3v) is 2.51. The first-order chi connectivity index (χ1) is 9.13. The van der Waals surface area contributed by atoms with Crippen LogP contribution in [0.2, 0.25) is 5.02 Å². The summed E-state index contributed by atoms with van der Waals surface area (Å²) in [7, 11) is 1.36. The van der Waals surface area contributed by atoms with E-state index in [0.717, 1.165) is 0 Å². The van der Waals surface area contributed by atoms with Gasteiger partial charge in [0.15, 0.2) is 5.82 Å². The van der Waals surface area contributed by atoms with Gasteiger partial charge < -0.3 is 15.8 Å². The van der Waals surface area contributed by atoms with Crippen LogP contribution in [0, 0.1) is 4.91 Å².